The number of rotatable bonds is 38. The summed E-state index contributed by atoms with van der Waals surface area (Å²) in [6.45, 7) is 4.26. The number of nitrogens with zero attached hydrogens (tertiary/aromatic N) is 1. The van der Waals surface area contributed by atoms with Gasteiger partial charge in [0, 0.05) is 12.8 Å². The largest absolute Gasteiger partial charge is 0.472 e. The quantitative estimate of drug-likeness (QED) is 0.0217. The molecule has 2 atom stereocenters. The van der Waals surface area contributed by atoms with Crippen LogP contribution in [-0.2, 0) is 32.7 Å². The van der Waals surface area contributed by atoms with Crippen molar-refractivity contribution in [3.63, 3.8) is 0 Å². The fourth-order valence-corrected chi connectivity index (χ4v) is 6.23. The average molecular weight is 783 g/mol. The third kappa shape index (κ3) is 39.7. The molecule has 0 heterocycles. The SMILES string of the molecule is CC/C=C\C/C=C\C/C=C\CCCCCCCCCC(=O)OC(COC(=O)CCCCCCC/C=C\CCCCCC)COP(=O)(O)OCC[N+](C)(C)C. The van der Waals surface area contributed by atoms with Crippen LogP contribution in [0.5, 0.6) is 0 Å². The highest BCUT2D eigenvalue weighted by Crippen LogP contribution is 2.43. The first-order valence-corrected chi connectivity index (χ1v) is 22.9. The van der Waals surface area contributed by atoms with E-state index in [2.05, 4.69) is 62.5 Å². The summed E-state index contributed by atoms with van der Waals surface area (Å²) in [5, 5.41) is 0. The molecule has 0 fully saturated rings. The third-order valence-corrected chi connectivity index (χ3v) is 9.83. The van der Waals surface area contributed by atoms with Gasteiger partial charge in [0.05, 0.1) is 27.7 Å². The maximum Gasteiger partial charge on any atom is 0.472 e. The van der Waals surface area contributed by atoms with Gasteiger partial charge < -0.3 is 18.9 Å². The zero-order valence-electron chi connectivity index (χ0n) is 35.2. The third-order valence-electron chi connectivity index (χ3n) is 8.84. The Bertz CT molecular complexity index is 1070. The maximum absolute atomic E-state index is 12.7. The average Bonchev–Trinajstić information content (AvgIpc) is 3.12. The number of allylic oxidation sites excluding steroid dienone is 8. The molecule has 0 bridgehead atoms. The van der Waals surface area contributed by atoms with Gasteiger partial charge in [-0.15, -0.1) is 0 Å². The van der Waals surface area contributed by atoms with Crippen molar-refractivity contribution in [3.8, 4) is 0 Å². The number of carbonyl (C=O) groups is 2. The molecular formula is C44H81NO8P+. The van der Waals surface area contributed by atoms with Gasteiger partial charge in [0.1, 0.15) is 19.8 Å². The number of likely N-dealkylation sites (N-methyl/N-ethyl adjacent to an activating group) is 1. The number of carbonyl (C=O) groups excluding carboxylic acids is 2. The van der Waals surface area contributed by atoms with E-state index in [0.29, 0.717) is 17.4 Å². The van der Waals surface area contributed by atoms with E-state index in [1.807, 2.05) is 21.1 Å². The molecule has 0 aromatic carbocycles. The lowest BCUT2D eigenvalue weighted by Crippen LogP contribution is -2.37. The van der Waals surface area contributed by atoms with Crippen LogP contribution in [0.4, 0.5) is 0 Å². The number of phosphoric ester groups is 1. The first-order valence-electron chi connectivity index (χ1n) is 21.4. The van der Waals surface area contributed by atoms with Crippen LogP contribution in [0, 0.1) is 0 Å². The highest BCUT2D eigenvalue weighted by atomic mass is 31.2. The van der Waals surface area contributed by atoms with Gasteiger partial charge in [0.2, 0.25) is 0 Å². The van der Waals surface area contributed by atoms with Crippen molar-refractivity contribution in [1.82, 2.24) is 0 Å². The van der Waals surface area contributed by atoms with Crippen LogP contribution in [0.25, 0.3) is 0 Å². The summed E-state index contributed by atoms with van der Waals surface area (Å²) in [6.07, 6.45) is 41.5. The van der Waals surface area contributed by atoms with E-state index in [1.165, 1.54) is 51.4 Å². The van der Waals surface area contributed by atoms with Crippen LogP contribution in [-0.4, -0.2) is 74.9 Å². The predicted molar refractivity (Wildman–Crippen MR) is 224 cm³/mol. The molecule has 0 saturated carbocycles. The second-order valence-electron chi connectivity index (χ2n) is 15.3. The van der Waals surface area contributed by atoms with E-state index in [0.717, 1.165) is 83.5 Å². The van der Waals surface area contributed by atoms with Gasteiger partial charge in [0.25, 0.3) is 0 Å². The summed E-state index contributed by atoms with van der Waals surface area (Å²) in [5.74, 6) is -0.823. The highest BCUT2D eigenvalue weighted by molar-refractivity contribution is 7.47. The number of ether oxygens (including phenoxy) is 2. The number of esters is 2. The summed E-state index contributed by atoms with van der Waals surface area (Å²) >= 11 is 0. The Kier molecular flexibility index (Phi) is 35.2. The number of quaternary nitrogens is 1. The van der Waals surface area contributed by atoms with Crippen molar-refractivity contribution in [3.05, 3.63) is 48.6 Å². The molecule has 0 aliphatic carbocycles. The molecule has 314 valence electrons. The van der Waals surface area contributed by atoms with E-state index in [1.54, 1.807) is 0 Å². The molecule has 10 heteroatoms. The second kappa shape index (κ2) is 36.6. The molecule has 9 nitrogen and oxygen atoms in total. The van der Waals surface area contributed by atoms with E-state index < -0.39 is 26.5 Å². The Morgan fingerprint density at radius 1 is 0.593 bits per heavy atom. The maximum atomic E-state index is 12.7. The van der Waals surface area contributed by atoms with E-state index in [4.69, 9.17) is 18.5 Å². The predicted octanol–water partition coefficient (Wildman–Crippen LogP) is 11.9. The Morgan fingerprint density at radius 2 is 1.06 bits per heavy atom. The number of hydrogen-bond acceptors (Lipinski definition) is 7. The summed E-state index contributed by atoms with van der Waals surface area (Å²) in [7, 11) is 1.46. The molecular weight excluding hydrogens is 701 g/mol. The number of unbranched alkanes of at least 4 members (excludes halogenated alkanes) is 16. The van der Waals surface area contributed by atoms with Gasteiger partial charge >= 0.3 is 19.8 Å². The Balaban J connectivity index is 4.40. The van der Waals surface area contributed by atoms with Crippen molar-refractivity contribution in [1.29, 1.82) is 0 Å². The molecule has 0 spiro atoms. The number of hydrogen-bond donors (Lipinski definition) is 1. The molecule has 0 rings (SSSR count). The Morgan fingerprint density at radius 3 is 1.59 bits per heavy atom. The zero-order valence-corrected chi connectivity index (χ0v) is 36.1. The van der Waals surface area contributed by atoms with Crippen molar-refractivity contribution in [2.45, 2.75) is 174 Å². The molecule has 0 aliphatic heterocycles. The van der Waals surface area contributed by atoms with Crippen molar-refractivity contribution >= 4 is 19.8 Å². The molecule has 0 aliphatic rings. The molecule has 0 aromatic heterocycles. The summed E-state index contributed by atoms with van der Waals surface area (Å²) in [5.41, 5.74) is 0. The van der Waals surface area contributed by atoms with Crippen LogP contribution in [0.3, 0.4) is 0 Å². The highest BCUT2D eigenvalue weighted by Gasteiger charge is 2.27. The van der Waals surface area contributed by atoms with Gasteiger partial charge in [-0.2, -0.15) is 0 Å². The topological polar surface area (TPSA) is 108 Å². The van der Waals surface area contributed by atoms with Crippen LogP contribution in [0.15, 0.2) is 48.6 Å². The Labute approximate surface area is 331 Å². The van der Waals surface area contributed by atoms with Gasteiger partial charge in [-0.25, -0.2) is 4.57 Å². The molecule has 0 aromatic rings. The first kappa shape index (κ1) is 52.0. The molecule has 1 N–H and O–H groups in total. The molecule has 0 amide bonds. The van der Waals surface area contributed by atoms with E-state index in [-0.39, 0.29) is 32.0 Å². The Hall–Kier alpha value is -2.03. The smallest absolute Gasteiger partial charge is 0.462 e. The molecule has 0 radical (unpaired) electrons. The van der Waals surface area contributed by atoms with Crippen LogP contribution in [0.1, 0.15) is 168 Å². The molecule has 0 saturated heterocycles. The van der Waals surface area contributed by atoms with E-state index >= 15 is 0 Å². The lowest BCUT2D eigenvalue weighted by atomic mass is 10.1. The fourth-order valence-electron chi connectivity index (χ4n) is 5.49. The monoisotopic (exact) mass is 783 g/mol. The zero-order chi connectivity index (χ0) is 40.0. The molecule has 2 unspecified atom stereocenters. The fraction of sp³-hybridized carbons (Fsp3) is 0.773. The van der Waals surface area contributed by atoms with Gasteiger partial charge in [-0.05, 0) is 70.6 Å². The van der Waals surface area contributed by atoms with Crippen molar-refractivity contribution in [2.75, 3.05) is 47.5 Å². The minimum atomic E-state index is -4.38. The van der Waals surface area contributed by atoms with Crippen molar-refractivity contribution < 1.29 is 42.1 Å². The van der Waals surface area contributed by atoms with Gasteiger partial charge in [0.15, 0.2) is 6.10 Å². The minimum absolute atomic E-state index is 0.0268. The summed E-state index contributed by atoms with van der Waals surface area (Å²) in [4.78, 5) is 35.3. The summed E-state index contributed by atoms with van der Waals surface area (Å²) in [6, 6.07) is 0. The van der Waals surface area contributed by atoms with Crippen LogP contribution in [0.2, 0.25) is 0 Å². The van der Waals surface area contributed by atoms with Gasteiger partial charge in [-0.1, -0.05) is 133 Å². The van der Waals surface area contributed by atoms with Gasteiger partial charge in [-0.3, -0.25) is 18.6 Å². The standard InChI is InChI=1S/C44H80NO8P/c1-6-8-10-12-14-16-18-20-21-22-23-25-27-29-31-33-35-37-44(47)53-42(41-52-54(48,49)51-39-38-45(3,4)5)40-50-43(46)36-34-32-30-28-26-24-19-17-15-13-11-9-7-2/h8,10,14,16-17,19-21,42H,6-7,9,11-13,15,18,22-41H2,1-5H3/p+1/b10-8-,16-14-,19-17-,21-20-. The number of phosphoric acid groups is 1. The summed E-state index contributed by atoms with van der Waals surface area (Å²) < 4.78 is 34.2. The molecule has 54 heavy (non-hydrogen) atoms. The second-order valence-corrected chi connectivity index (χ2v) is 16.8. The van der Waals surface area contributed by atoms with Crippen LogP contribution >= 0.6 is 7.82 Å². The van der Waals surface area contributed by atoms with E-state index in [9.17, 15) is 19.0 Å². The minimum Gasteiger partial charge on any atom is -0.462 e. The lowest BCUT2D eigenvalue weighted by molar-refractivity contribution is -0.870. The van der Waals surface area contributed by atoms with Crippen LogP contribution < -0.4 is 0 Å². The first-order chi connectivity index (χ1) is 26.0. The lowest BCUT2D eigenvalue weighted by Gasteiger charge is -2.24. The van der Waals surface area contributed by atoms with Crippen molar-refractivity contribution in [2.24, 2.45) is 0 Å². The normalized spacial score (nSPS) is 14.1.